The van der Waals surface area contributed by atoms with Crippen molar-refractivity contribution >= 4 is 33.8 Å². The van der Waals surface area contributed by atoms with Crippen molar-refractivity contribution in [3.05, 3.63) is 67.1 Å². The number of carbonyl (C=O) groups is 1. The summed E-state index contributed by atoms with van der Waals surface area (Å²) in [6.07, 6.45) is 7.71. The van der Waals surface area contributed by atoms with Crippen molar-refractivity contribution in [2.24, 2.45) is 5.92 Å². The molecule has 0 spiro atoms. The lowest BCUT2D eigenvalue weighted by Crippen LogP contribution is -2.30. The molecule has 0 aliphatic carbocycles. The smallest absolute Gasteiger partial charge is 0.224 e. The molecule has 42 heavy (non-hydrogen) atoms. The number of nitrogens with one attached hydrogen (secondary N) is 4. The van der Waals surface area contributed by atoms with Crippen LogP contribution in [0, 0.1) is 5.92 Å². The van der Waals surface area contributed by atoms with E-state index in [1.807, 2.05) is 48.5 Å². The van der Waals surface area contributed by atoms with E-state index in [1.54, 1.807) is 25.7 Å². The number of hydrogen-bond acceptors (Lipinski definition) is 8. The number of rotatable bonds is 7. The van der Waals surface area contributed by atoms with Crippen molar-refractivity contribution in [2.75, 3.05) is 25.5 Å². The predicted molar refractivity (Wildman–Crippen MR) is 161 cm³/mol. The van der Waals surface area contributed by atoms with Gasteiger partial charge in [0.2, 0.25) is 5.91 Å². The first-order valence-corrected chi connectivity index (χ1v) is 14.0. The molecule has 11 heteroatoms. The Labute approximate surface area is 241 Å². The average Bonchev–Trinajstić information content (AvgIpc) is 3.65. The summed E-state index contributed by atoms with van der Waals surface area (Å²) in [7, 11) is 1.65. The number of ether oxygens (including phenoxy) is 1. The Hall–Kier alpha value is -5.16. The van der Waals surface area contributed by atoms with Crippen LogP contribution in [0.5, 0.6) is 5.75 Å². The number of nitrogens with zero attached hydrogens (tertiary/aromatic N) is 5. The molecule has 0 unspecified atom stereocenters. The molecule has 1 aromatic carbocycles. The Morgan fingerprint density at radius 2 is 1.93 bits per heavy atom. The Morgan fingerprint density at radius 1 is 1.02 bits per heavy atom. The van der Waals surface area contributed by atoms with Gasteiger partial charge in [0.1, 0.15) is 16.8 Å². The molecule has 1 fully saturated rings. The van der Waals surface area contributed by atoms with E-state index in [0.29, 0.717) is 46.4 Å². The lowest BCUT2D eigenvalue weighted by molar-refractivity contribution is -0.117. The fourth-order valence-electron chi connectivity index (χ4n) is 5.48. The fourth-order valence-corrected chi connectivity index (χ4v) is 5.48. The van der Waals surface area contributed by atoms with Crippen LogP contribution in [0.3, 0.4) is 0 Å². The molecule has 210 valence electrons. The Bertz CT molecular complexity index is 1910. The molecule has 6 aromatic rings. The number of piperidine rings is 1. The third-order valence-electron chi connectivity index (χ3n) is 7.65. The highest BCUT2D eigenvalue weighted by Crippen LogP contribution is 2.32. The van der Waals surface area contributed by atoms with E-state index in [9.17, 15) is 4.79 Å². The molecule has 0 bridgehead atoms. The van der Waals surface area contributed by atoms with Crippen LogP contribution in [-0.4, -0.2) is 61.2 Å². The van der Waals surface area contributed by atoms with Crippen molar-refractivity contribution in [2.45, 2.75) is 19.3 Å². The van der Waals surface area contributed by atoms with Crippen LogP contribution in [0.2, 0.25) is 0 Å². The number of amides is 1. The Kier molecular flexibility index (Phi) is 6.76. The van der Waals surface area contributed by atoms with Gasteiger partial charge in [0.15, 0.2) is 17.2 Å². The second-order valence-electron chi connectivity index (χ2n) is 10.4. The number of H-pyrrole nitrogens is 2. The molecule has 6 heterocycles. The molecule has 1 saturated heterocycles. The maximum absolute atomic E-state index is 12.7. The van der Waals surface area contributed by atoms with Crippen LogP contribution in [0.4, 0.5) is 5.69 Å². The summed E-state index contributed by atoms with van der Waals surface area (Å²) in [6.45, 7) is 1.93. The summed E-state index contributed by atoms with van der Waals surface area (Å²) >= 11 is 0. The number of imidazole rings is 1. The number of aromatic amines is 2. The largest absolute Gasteiger partial charge is 0.497 e. The van der Waals surface area contributed by atoms with Gasteiger partial charge in [-0.1, -0.05) is 12.1 Å². The summed E-state index contributed by atoms with van der Waals surface area (Å²) in [5.74, 6) is 1.74. The van der Waals surface area contributed by atoms with Gasteiger partial charge in [-0.25, -0.2) is 15.0 Å². The molecule has 1 aliphatic heterocycles. The number of benzene rings is 1. The molecule has 0 saturated carbocycles. The van der Waals surface area contributed by atoms with E-state index in [2.05, 4.69) is 35.8 Å². The molecule has 1 aliphatic rings. The minimum Gasteiger partial charge on any atom is -0.497 e. The van der Waals surface area contributed by atoms with Crippen molar-refractivity contribution in [1.82, 2.24) is 40.4 Å². The molecular formula is C31H29N9O2. The predicted octanol–water partition coefficient (Wildman–Crippen LogP) is 4.96. The maximum atomic E-state index is 12.7. The van der Waals surface area contributed by atoms with Gasteiger partial charge in [-0.05, 0) is 73.8 Å². The summed E-state index contributed by atoms with van der Waals surface area (Å²) in [4.78, 5) is 34.7. The number of fused-ring (bicyclic) bond motifs is 2. The fraction of sp³-hybridized carbons (Fsp3) is 0.226. The van der Waals surface area contributed by atoms with Crippen LogP contribution >= 0.6 is 0 Å². The first-order chi connectivity index (χ1) is 20.6. The van der Waals surface area contributed by atoms with Gasteiger partial charge >= 0.3 is 0 Å². The van der Waals surface area contributed by atoms with Gasteiger partial charge in [0.05, 0.1) is 30.2 Å². The van der Waals surface area contributed by atoms with Crippen molar-refractivity contribution in [3.63, 3.8) is 0 Å². The van der Waals surface area contributed by atoms with Crippen LogP contribution in [0.1, 0.15) is 19.3 Å². The van der Waals surface area contributed by atoms with Gasteiger partial charge in [0.25, 0.3) is 0 Å². The van der Waals surface area contributed by atoms with Gasteiger partial charge in [0, 0.05) is 29.9 Å². The van der Waals surface area contributed by atoms with E-state index in [-0.39, 0.29) is 5.91 Å². The van der Waals surface area contributed by atoms with Crippen LogP contribution in [0.15, 0.2) is 67.1 Å². The third-order valence-corrected chi connectivity index (χ3v) is 7.65. The molecule has 0 radical (unpaired) electrons. The zero-order valence-electron chi connectivity index (χ0n) is 23.0. The normalized spacial score (nSPS) is 13.9. The molecular weight excluding hydrogens is 530 g/mol. The average molecular weight is 560 g/mol. The summed E-state index contributed by atoms with van der Waals surface area (Å²) in [5, 5.41) is 13.9. The highest BCUT2D eigenvalue weighted by molar-refractivity contribution is 5.95. The number of aromatic nitrogens is 7. The lowest BCUT2D eigenvalue weighted by atomic mass is 9.94. The lowest BCUT2D eigenvalue weighted by Gasteiger charge is -2.21. The van der Waals surface area contributed by atoms with Crippen LogP contribution in [-0.2, 0) is 4.79 Å². The number of anilines is 1. The minimum atomic E-state index is 0.00759. The molecule has 11 nitrogen and oxygen atoms in total. The van der Waals surface area contributed by atoms with Gasteiger partial charge < -0.3 is 20.4 Å². The van der Waals surface area contributed by atoms with E-state index >= 15 is 0 Å². The highest BCUT2D eigenvalue weighted by Gasteiger charge is 2.19. The van der Waals surface area contributed by atoms with E-state index in [1.165, 1.54) is 0 Å². The minimum absolute atomic E-state index is 0.00759. The van der Waals surface area contributed by atoms with Crippen molar-refractivity contribution in [3.8, 4) is 39.7 Å². The molecule has 7 rings (SSSR count). The maximum Gasteiger partial charge on any atom is 0.224 e. The van der Waals surface area contributed by atoms with E-state index in [0.717, 1.165) is 59.4 Å². The summed E-state index contributed by atoms with van der Waals surface area (Å²) < 4.78 is 5.41. The quantitative estimate of drug-likeness (QED) is 0.215. The number of pyridine rings is 3. The molecule has 1 amide bonds. The standard InChI is InChI=1S/C31H29N9O2/c1-42-22-4-2-3-19(15-22)23-9-12-34-30-27(23)37-31(38-30)29-28-25(39-40-29)6-5-24(36-28)20-14-21(17-33-16-20)35-26(41)13-18-7-10-32-11-8-18/h2-6,9,12,14-18,32H,7-8,10-11,13H2,1H3,(H,35,41)(H,39,40)(H,34,37,38). The number of hydrogen-bond donors (Lipinski definition) is 4. The van der Waals surface area contributed by atoms with E-state index in [4.69, 9.17) is 14.7 Å². The van der Waals surface area contributed by atoms with Crippen LogP contribution in [0.25, 0.3) is 56.1 Å². The van der Waals surface area contributed by atoms with E-state index < -0.39 is 0 Å². The first kappa shape index (κ1) is 25.8. The molecule has 5 aromatic heterocycles. The number of methoxy groups -OCH3 is 1. The second-order valence-corrected chi connectivity index (χ2v) is 10.4. The Balaban J connectivity index is 1.19. The Morgan fingerprint density at radius 3 is 2.81 bits per heavy atom. The van der Waals surface area contributed by atoms with Gasteiger partial charge in [-0.15, -0.1) is 0 Å². The van der Waals surface area contributed by atoms with Gasteiger partial charge in [-0.2, -0.15) is 5.10 Å². The zero-order valence-corrected chi connectivity index (χ0v) is 23.0. The summed E-state index contributed by atoms with van der Waals surface area (Å²) in [6, 6.07) is 15.5. The topological polar surface area (TPSA) is 146 Å². The monoisotopic (exact) mass is 559 g/mol. The van der Waals surface area contributed by atoms with Gasteiger partial charge in [-0.3, -0.25) is 14.9 Å². The van der Waals surface area contributed by atoms with Crippen LogP contribution < -0.4 is 15.4 Å². The summed E-state index contributed by atoms with van der Waals surface area (Å²) in [5.41, 5.74) is 7.44. The van der Waals surface area contributed by atoms with Crippen molar-refractivity contribution in [1.29, 1.82) is 0 Å². The number of carbonyl (C=O) groups excluding carboxylic acids is 1. The molecule has 0 atom stereocenters. The molecule has 4 N–H and O–H groups in total. The van der Waals surface area contributed by atoms with Crippen molar-refractivity contribution < 1.29 is 9.53 Å². The highest BCUT2D eigenvalue weighted by atomic mass is 16.5. The SMILES string of the molecule is COc1cccc(-c2ccnc3[nH]c(-c4n[nH]c5ccc(-c6cncc(NC(=O)CC7CCNCC7)c6)nc45)nc23)c1. The second kappa shape index (κ2) is 11.0. The zero-order chi connectivity index (χ0) is 28.5. The first-order valence-electron chi connectivity index (χ1n) is 14.0. The third kappa shape index (κ3) is 5.06.